The van der Waals surface area contributed by atoms with Crippen LogP contribution in [0.1, 0.15) is 22.8 Å². The van der Waals surface area contributed by atoms with E-state index in [9.17, 15) is 0 Å². The summed E-state index contributed by atoms with van der Waals surface area (Å²) in [5.74, 6) is 6.37. The van der Waals surface area contributed by atoms with Gasteiger partial charge in [-0.2, -0.15) is 0 Å². The lowest BCUT2D eigenvalue weighted by atomic mass is 9.92. The molecule has 15 aromatic carbocycles. The van der Waals surface area contributed by atoms with E-state index in [1.54, 1.807) is 0 Å². The predicted molar refractivity (Wildman–Crippen MR) is 482 cm³/mol. The van der Waals surface area contributed by atoms with Gasteiger partial charge in [0.1, 0.15) is 45.1 Å². The summed E-state index contributed by atoms with van der Waals surface area (Å²) in [6.45, 7) is 7.94. The Hall–Kier alpha value is -13.0. The number of para-hydroxylation sites is 5. The van der Waals surface area contributed by atoms with Crippen molar-refractivity contribution in [3.05, 3.63) is 411 Å². The van der Waals surface area contributed by atoms with Crippen molar-refractivity contribution in [1.29, 1.82) is 0 Å². The van der Waals surface area contributed by atoms with Crippen LogP contribution in [-0.2, 0) is 0 Å². The zero-order valence-electron chi connectivity index (χ0n) is 65.3. The molecule has 0 saturated carbocycles. The molecule has 118 heavy (non-hydrogen) atoms. The van der Waals surface area contributed by atoms with E-state index in [0.717, 1.165) is 184 Å². The molecule has 0 aliphatic heterocycles. The molecule has 0 atom stereocenters. The van der Waals surface area contributed by atoms with E-state index < -0.39 is 63.5 Å². The van der Waals surface area contributed by atoms with E-state index in [1.165, 1.54) is 5.39 Å². The first-order valence-corrected chi connectivity index (χ1v) is 42.5. The topological polar surface area (TPSA) is 125 Å². The van der Waals surface area contributed by atoms with E-state index >= 15 is 0 Å². The van der Waals surface area contributed by atoms with E-state index in [4.69, 9.17) is 35.3 Å². The second kappa shape index (κ2) is 38.6. The van der Waals surface area contributed by atoms with Crippen LogP contribution in [0.4, 0.5) is 0 Å². The van der Waals surface area contributed by atoms with Crippen LogP contribution in [0.25, 0.3) is 121 Å². The lowest BCUT2D eigenvalue weighted by Crippen LogP contribution is -2.13. The number of aryl methyl sites for hydroxylation is 4. The van der Waals surface area contributed by atoms with Gasteiger partial charge in [0, 0.05) is 72.0 Å². The van der Waals surface area contributed by atoms with Crippen molar-refractivity contribution >= 4 is 129 Å². The molecule has 0 saturated heterocycles. The van der Waals surface area contributed by atoms with Gasteiger partial charge in [0.2, 0.25) is 0 Å². The Morgan fingerprint density at radius 1 is 0.186 bits per heavy atom. The first-order valence-electron chi connectivity index (χ1n) is 38.8. The van der Waals surface area contributed by atoms with E-state index in [1.807, 2.05) is 228 Å². The molecule has 0 unspecified atom stereocenters. The molecule has 4 heterocycles. The summed E-state index contributed by atoms with van der Waals surface area (Å²) in [6, 6.07) is 131. The van der Waals surface area contributed by atoms with Crippen LogP contribution in [-0.4, -0.2) is 83.5 Å². The molecule has 19 rings (SSSR count). The molecule has 0 spiro atoms. The minimum atomic E-state index is -0.850. The Kier molecular flexibility index (Phi) is 25.8. The Labute approximate surface area is 713 Å². The minimum Gasteiger partial charge on any atom is -0.616 e. The number of aromatic nitrogens is 4. The standard InChI is InChI=1S/C24H18O.C18H14O.4C10H9NO.2C10H8O.4Al/c25-24-22(19-12-6-2-7-13-19)16-21(18-10-4-1-5-11-18)17-23(24)20-14-8-3-9-15-20;19-18-16(14-8-3-1-4-9-14)12-7-13-17(18)15-10-5-2-6-11-15;4*1-7-5-6-8-3-2-4-9(12)10(8)11-7;11-10-7-3-5-8-4-1-2-6-9(8)10;11-10-6-5-8-3-1-2-4-9(8)7-10;;;;/h1-17,25H;1-13,19H;4*2-6,12H,1H3;2*1-7,11H;;;;/q;;;;;;;;4*+2/p-8. The molecule has 0 aliphatic rings. The average Bonchev–Trinajstić information content (AvgIpc) is 0.759. The van der Waals surface area contributed by atoms with Gasteiger partial charge >= 0.3 is 63.5 Å². The zero-order valence-corrected chi connectivity index (χ0v) is 69.9. The van der Waals surface area contributed by atoms with Crippen LogP contribution in [0.3, 0.4) is 0 Å². The summed E-state index contributed by atoms with van der Waals surface area (Å²) in [7, 11) is 0. The van der Waals surface area contributed by atoms with Crippen molar-refractivity contribution < 1.29 is 30.3 Å². The van der Waals surface area contributed by atoms with Gasteiger partial charge in [0.15, 0.2) is 0 Å². The maximum atomic E-state index is 6.58. The second-order valence-corrected chi connectivity index (χ2v) is 30.5. The highest BCUT2D eigenvalue weighted by Crippen LogP contribution is 2.44. The monoisotopic (exact) mass is 1590 g/mol. The van der Waals surface area contributed by atoms with E-state index in [0.29, 0.717) is 0 Å². The quantitative estimate of drug-likeness (QED) is 0.0636. The molecule has 0 N–H and O–H groups in total. The fourth-order valence-corrected chi connectivity index (χ4v) is 16.5. The van der Waals surface area contributed by atoms with Crippen molar-refractivity contribution in [2.45, 2.75) is 27.7 Å². The molecule has 564 valence electrons. The molecule has 4 aromatic heterocycles. The van der Waals surface area contributed by atoms with Crippen molar-refractivity contribution in [2.75, 3.05) is 0 Å². The summed E-state index contributed by atoms with van der Waals surface area (Å²) in [5, 5.41) is 8.88. The van der Waals surface area contributed by atoms with Crippen LogP contribution >= 0.6 is 0 Å². The van der Waals surface area contributed by atoms with Crippen LogP contribution in [0, 0.1) is 27.7 Å². The molecular weight excluding hydrogens is 1520 g/mol. The van der Waals surface area contributed by atoms with Gasteiger partial charge in [0.25, 0.3) is 0 Å². The van der Waals surface area contributed by atoms with Gasteiger partial charge in [0.05, 0.1) is 23.0 Å². The number of nitrogens with zero attached hydrogens (tertiary/aromatic N) is 4. The fraction of sp³-hybridized carbons (Fsp3) is 0.0392. The van der Waals surface area contributed by atoms with Crippen molar-refractivity contribution in [2.24, 2.45) is 0 Å². The molecule has 0 aliphatic carbocycles. The SMILES string of the molecule is Cc1ccc2cccc([O][Al][O]c3c(-c4ccccc4)cc(-c4ccccc4)cc3-c3ccccc3)c2n1.Cc1ccc2cccc([O][Al][O]c3c(-c4ccccc4)cccc3-c3ccccc3)c2n1.Cc1ccc2cccc([O][Al][O]c3ccc4ccccc4c3)c2n1.Cc1ccc2cccc([O][Al][O]c3cccc4ccccc34)c2n1. The highest BCUT2D eigenvalue weighted by Gasteiger charge is 2.22. The largest absolute Gasteiger partial charge is 0.881 e. The number of pyridine rings is 4. The Bertz CT molecular complexity index is 6530. The van der Waals surface area contributed by atoms with Crippen LogP contribution in [0.2, 0.25) is 0 Å². The van der Waals surface area contributed by atoms with E-state index in [2.05, 4.69) is 203 Å². The first-order chi connectivity index (χ1) is 58.2. The van der Waals surface area contributed by atoms with Crippen LogP contribution < -0.4 is 30.3 Å². The van der Waals surface area contributed by atoms with Gasteiger partial charge in [-0.05, 0) is 156 Å². The smallest absolute Gasteiger partial charge is 0.616 e. The number of hydrogen-bond donors (Lipinski definition) is 0. The Balaban J connectivity index is 0.000000120. The summed E-state index contributed by atoms with van der Waals surface area (Å²) < 4.78 is 49.0. The lowest BCUT2D eigenvalue weighted by Gasteiger charge is -2.20. The predicted octanol–water partition coefficient (Wildman–Crippen LogP) is 24.8. The fourth-order valence-electron chi connectivity index (χ4n) is 13.9. The molecule has 19 aromatic rings. The summed E-state index contributed by atoms with van der Waals surface area (Å²) >= 11 is -2.97. The molecular formula is C102H76Al4N4O8. The summed E-state index contributed by atoms with van der Waals surface area (Å²) in [4.78, 5) is 18.5. The first kappa shape index (κ1) is 78.9. The van der Waals surface area contributed by atoms with Crippen molar-refractivity contribution in [1.82, 2.24) is 19.9 Å². The lowest BCUT2D eigenvalue weighted by molar-refractivity contribution is 0.461. The third-order valence-electron chi connectivity index (χ3n) is 19.7. The maximum Gasteiger partial charge on any atom is 0.881 e. The second-order valence-electron chi connectivity index (χ2n) is 27.8. The highest BCUT2D eigenvalue weighted by molar-refractivity contribution is 6.23. The van der Waals surface area contributed by atoms with Crippen molar-refractivity contribution in [3.63, 3.8) is 0 Å². The minimum absolute atomic E-state index is 0.657. The van der Waals surface area contributed by atoms with Crippen molar-refractivity contribution in [3.8, 4) is 102 Å². The average molecular weight is 1590 g/mol. The van der Waals surface area contributed by atoms with Gasteiger partial charge in [-0.3, -0.25) is 0 Å². The molecule has 0 amide bonds. The number of benzene rings is 15. The number of hydrogen-bond acceptors (Lipinski definition) is 12. The zero-order chi connectivity index (χ0) is 80.2. The van der Waals surface area contributed by atoms with Crippen LogP contribution in [0.5, 0.6) is 46.0 Å². The Morgan fingerprint density at radius 3 is 0.890 bits per heavy atom. The number of fused-ring (bicyclic) bond motifs is 6. The summed E-state index contributed by atoms with van der Waals surface area (Å²) in [6.07, 6.45) is 0. The maximum absolute atomic E-state index is 6.58. The van der Waals surface area contributed by atoms with Gasteiger partial charge < -0.3 is 30.3 Å². The molecule has 16 heteroatoms. The van der Waals surface area contributed by atoms with Gasteiger partial charge in [-0.1, -0.05) is 309 Å². The number of rotatable bonds is 21. The van der Waals surface area contributed by atoms with E-state index in [-0.39, 0.29) is 0 Å². The Morgan fingerprint density at radius 2 is 0.475 bits per heavy atom. The normalized spacial score (nSPS) is 10.7. The molecule has 12 nitrogen and oxygen atoms in total. The van der Waals surface area contributed by atoms with Gasteiger partial charge in [-0.15, -0.1) is 0 Å². The third-order valence-corrected chi connectivity index (χ3v) is 22.5. The van der Waals surface area contributed by atoms with Crippen LogP contribution in [0.15, 0.2) is 388 Å². The molecule has 0 fully saturated rings. The van der Waals surface area contributed by atoms with Gasteiger partial charge in [-0.25, -0.2) is 19.9 Å². The molecule has 4 radical (unpaired) electrons. The highest BCUT2D eigenvalue weighted by atomic mass is 27.2. The summed E-state index contributed by atoms with van der Waals surface area (Å²) in [5.41, 5.74) is 18.2. The third kappa shape index (κ3) is 19.6. The molecule has 0 bridgehead atoms.